The Labute approximate surface area is 120 Å². The van der Waals surface area contributed by atoms with Crippen LogP contribution < -0.4 is 5.32 Å². The quantitative estimate of drug-likeness (QED) is 0.909. The topological polar surface area (TPSA) is 51.0 Å². The van der Waals surface area contributed by atoms with Crippen molar-refractivity contribution in [2.45, 2.75) is 39.7 Å². The molecule has 1 aromatic heterocycles. The third-order valence-electron chi connectivity index (χ3n) is 3.13. The third-order valence-corrected chi connectivity index (χ3v) is 3.13. The molecule has 0 aliphatic rings. The summed E-state index contributed by atoms with van der Waals surface area (Å²) in [4.78, 5) is 4.49. The number of likely N-dealkylation sites (N-methyl/N-ethyl adjacent to an activating group) is 1. The van der Waals surface area contributed by atoms with E-state index in [4.69, 9.17) is 4.52 Å². The first-order valence-electron chi connectivity index (χ1n) is 7.01. The molecule has 4 heteroatoms. The lowest BCUT2D eigenvalue weighted by molar-refractivity contribution is 0.345. The molecule has 1 atom stereocenters. The first-order valence-corrected chi connectivity index (χ1v) is 7.01. The Hall–Kier alpha value is -1.68. The molecule has 20 heavy (non-hydrogen) atoms. The highest BCUT2D eigenvalue weighted by Crippen LogP contribution is 2.20. The third kappa shape index (κ3) is 4.17. The van der Waals surface area contributed by atoms with Gasteiger partial charge in [0.25, 0.3) is 0 Å². The lowest BCUT2D eigenvalue weighted by Crippen LogP contribution is -2.19. The van der Waals surface area contributed by atoms with Crippen LogP contribution in [-0.4, -0.2) is 17.2 Å². The summed E-state index contributed by atoms with van der Waals surface area (Å²) in [5, 5.41) is 7.37. The molecule has 1 unspecified atom stereocenters. The van der Waals surface area contributed by atoms with Crippen molar-refractivity contribution in [3.8, 4) is 0 Å². The first kappa shape index (κ1) is 14.7. The van der Waals surface area contributed by atoms with E-state index in [2.05, 4.69) is 48.4 Å². The molecular formula is C16H23N3O. The molecule has 2 aromatic rings. The van der Waals surface area contributed by atoms with Gasteiger partial charge in [-0.3, -0.25) is 0 Å². The largest absolute Gasteiger partial charge is 0.339 e. The van der Waals surface area contributed by atoms with E-state index in [0.29, 0.717) is 12.3 Å². The maximum Gasteiger partial charge on any atom is 0.228 e. The minimum absolute atomic E-state index is 0.170. The monoisotopic (exact) mass is 273 g/mol. The maximum absolute atomic E-state index is 5.36. The van der Waals surface area contributed by atoms with Crippen molar-refractivity contribution < 1.29 is 4.52 Å². The fourth-order valence-electron chi connectivity index (χ4n) is 2.17. The molecule has 2 rings (SSSR count). The summed E-state index contributed by atoms with van der Waals surface area (Å²) in [6, 6.07) is 10.5. The number of nitrogens with one attached hydrogen (secondary N) is 1. The lowest BCUT2D eigenvalue weighted by atomic mass is 9.92. The highest BCUT2D eigenvalue weighted by Gasteiger charge is 2.18. The van der Waals surface area contributed by atoms with Gasteiger partial charge in [0.1, 0.15) is 0 Å². The Morgan fingerprint density at radius 3 is 2.50 bits per heavy atom. The summed E-state index contributed by atoms with van der Waals surface area (Å²) in [5.74, 6) is 1.47. The molecule has 0 spiro atoms. The summed E-state index contributed by atoms with van der Waals surface area (Å²) < 4.78 is 5.36. The molecule has 4 nitrogen and oxygen atoms in total. The molecule has 0 radical (unpaired) electrons. The van der Waals surface area contributed by atoms with Crippen molar-refractivity contribution in [3.63, 3.8) is 0 Å². The van der Waals surface area contributed by atoms with Crippen LogP contribution in [0.15, 0.2) is 34.9 Å². The predicted octanol–water partition coefficient (Wildman–Crippen LogP) is 3.16. The molecule has 0 aliphatic heterocycles. The average Bonchev–Trinajstić information content (AvgIpc) is 2.82. The molecule has 1 aromatic carbocycles. The minimum atomic E-state index is 0.170. The highest BCUT2D eigenvalue weighted by molar-refractivity contribution is 5.19. The van der Waals surface area contributed by atoms with Gasteiger partial charge in [-0.05, 0) is 18.0 Å². The van der Waals surface area contributed by atoms with E-state index < -0.39 is 0 Å². The van der Waals surface area contributed by atoms with Crippen LogP contribution in [0.25, 0.3) is 0 Å². The van der Waals surface area contributed by atoms with Gasteiger partial charge in [-0.25, -0.2) is 0 Å². The van der Waals surface area contributed by atoms with E-state index in [1.165, 1.54) is 5.56 Å². The van der Waals surface area contributed by atoms with E-state index in [0.717, 1.165) is 12.2 Å². The van der Waals surface area contributed by atoms with E-state index in [1.54, 1.807) is 0 Å². The van der Waals surface area contributed by atoms with E-state index in [1.807, 2.05) is 25.2 Å². The molecule has 0 amide bonds. The zero-order chi connectivity index (χ0) is 14.6. The Morgan fingerprint density at radius 1 is 1.20 bits per heavy atom. The van der Waals surface area contributed by atoms with E-state index in [9.17, 15) is 0 Å². The maximum atomic E-state index is 5.36. The van der Waals surface area contributed by atoms with Gasteiger partial charge >= 0.3 is 0 Å². The van der Waals surface area contributed by atoms with Crippen LogP contribution in [0.5, 0.6) is 0 Å². The second-order valence-electron chi connectivity index (χ2n) is 6.30. The Morgan fingerprint density at radius 2 is 1.90 bits per heavy atom. The van der Waals surface area contributed by atoms with Gasteiger partial charge in [0.05, 0.1) is 0 Å². The Bertz CT molecular complexity index is 528. The Kier molecular flexibility index (Phi) is 4.55. The van der Waals surface area contributed by atoms with E-state index >= 15 is 0 Å². The lowest BCUT2D eigenvalue weighted by Gasteiger charge is -2.14. The van der Waals surface area contributed by atoms with Gasteiger partial charge in [-0.1, -0.05) is 56.3 Å². The number of rotatable bonds is 5. The van der Waals surface area contributed by atoms with Crippen LogP contribution in [0, 0.1) is 5.41 Å². The van der Waals surface area contributed by atoms with Crippen molar-refractivity contribution in [3.05, 3.63) is 47.6 Å². The van der Waals surface area contributed by atoms with Crippen molar-refractivity contribution in [1.29, 1.82) is 0 Å². The van der Waals surface area contributed by atoms with Gasteiger partial charge in [0, 0.05) is 18.9 Å². The second kappa shape index (κ2) is 6.18. The minimum Gasteiger partial charge on any atom is -0.339 e. The average molecular weight is 273 g/mol. The van der Waals surface area contributed by atoms with Gasteiger partial charge in [0.15, 0.2) is 5.82 Å². The van der Waals surface area contributed by atoms with Crippen LogP contribution in [0.1, 0.15) is 44.1 Å². The SMILES string of the molecule is CNC(Cc1nc(CC(C)(C)C)no1)c1ccccc1. The Balaban J connectivity index is 2.05. The number of aromatic nitrogens is 2. The fraction of sp³-hybridized carbons (Fsp3) is 0.500. The van der Waals surface area contributed by atoms with Crippen LogP contribution in [0.3, 0.4) is 0 Å². The zero-order valence-electron chi connectivity index (χ0n) is 12.7. The summed E-state index contributed by atoms with van der Waals surface area (Å²) in [6.45, 7) is 6.51. The molecule has 0 saturated heterocycles. The summed E-state index contributed by atoms with van der Waals surface area (Å²) >= 11 is 0. The summed E-state index contributed by atoms with van der Waals surface area (Å²) in [6.07, 6.45) is 1.53. The number of hydrogen-bond donors (Lipinski definition) is 1. The summed E-state index contributed by atoms with van der Waals surface area (Å²) in [5.41, 5.74) is 1.40. The summed E-state index contributed by atoms with van der Waals surface area (Å²) in [7, 11) is 1.95. The van der Waals surface area contributed by atoms with E-state index in [-0.39, 0.29) is 11.5 Å². The van der Waals surface area contributed by atoms with Crippen molar-refractivity contribution >= 4 is 0 Å². The van der Waals surface area contributed by atoms with Gasteiger partial charge < -0.3 is 9.84 Å². The van der Waals surface area contributed by atoms with Gasteiger partial charge in [-0.15, -0.1) is 0 Å². The van der Waals surface area contributed by atoms with Crippen molar-refractivity contribution in [2.24, 2.45) is 5.41 Å². The van der Waals surface area contributed by atoms with Crippen LogP contribution >= 0.6 is 0 Å². The van der Waals surface area contributed by atoms with Gasteiger partial charge in [-0.2, -0.15) is 4.98 Å². The molecule has 0 aliphatic carbocycles. The first-order chi connectivity index (χ1) is 9.48. The highest BCUT2D eigenvalue weighted by atomic mass is 16.5. The zero-order valence-corrected chi connectivity index (χ0v) is 12.7. The van der Waals surface area contributed by atoms with Crippen LogP contribution in [-0.2, 0) is 12.8 Å². The smallest absolute Gasteiger partial charge is 0.228 e. The number of benzene rings is 1. The fourth-order valence-corrected chi connectivity index (χ4v) is 2.17. The second-order valence-corrected chi connectivity index (χ2v) is 6.30. The molecule has 0 saturated carbocycles. The van der Waals surface area contributed by atoms with Crippen molar-refractivity contribution in [2.75, 3.05) is 7.05 Å². The number of hydrogen-bond acceptors (Lipinski definition) is 4. The molecule has 1 N–H and O–H groups in total. The normalized spacial score (nSPS) is 13.4. The standard InChI is InChI=1S/C16H23N3O/c1-16(2,3)11-14-18-15(20-19-14)10-13(17-4)12-8-6-5-7-9-12/h5-9,13,17H,10-11H2,1-4H3. The van der Waals surface area contributed by atoms with Crippen LogP contribution in [0.4, 0.5) is 0 Å². The predicted molar refractivity (Wildman–Crippen MR) is 79.4 cm³/mol. The molecule has 0 bridgehead atoms. The molecule has 108 valence electrons. The van der Waals surface area contributed by atoms with Crippen LogP contribution in [0.2, 0.25) is 0 Å². The molecule has 0 fully saturated rings. The van der Waals surface area contributed by atoms with Crippen molar-refractivity contribution in [1.82, 2.24) is 15.5 Å². The molecule has 1 heterocycles. The van der Waals surface area contributed by atoms with Gasteiger partial charge in [0.2, 0.25) is 5.89 Å². The molecular weight excluding hydrogens is 250 g/mol. The number of nitrogens with zero attached hydrogens (tertiary/aromatic N) is 2.